The Bertz CT molecular complexity index is 816. The maximum Gasteiger partial charge on any atom is 0.321 e. The van der Waals surface area contributed by atoms with Gasteiger partial charge in [0, 0.05) is 44.4 Å². The standard InChI is InChI=1S/C18H20FN3O5/c19-14-2-1-12(22-5-4-20-17(22)26)7-13(14)15(23)21-8-11-9-27-6-3-18(11,10-21)16(24)25/h1-2,7,11H,3-6,8-10H2,(H,20,26)(H,24,25)/t11-,18+/m0/s1. The van der Waals surface area contributed by atoms with Gasteiger partial charge in [0.05, 0.1) is 17.6 Å². The summed E-state index contributed by atoms with van der Waals surface area (Å²) in [6.07, 6.45) is 0.327. The van der Waals surface area contributed by atoms with Crippen molar-refractivity contribution in [2.24, 2.45) is 11.3 Å². The molecule has 3 amide bonds. The number of rotatable bonds is 3. The molecule has 27 heavy (non-hydrogen) atoms. The molecule has 0 bridgehead atoms. The number of carbonyl (C=O) groups excluding carboxylic acids is 2. The van der Waals surface area contributed by atoms with Gasteiger partial charge in [-0.2, -0.15) is 0 Å². The first-order chi connectivity index (χ1) is 12.9. The summed E-state index contributed by atoms with van der Waals surface area (Å²) < 4.78 is 19.8. The van der Waals surface area contributed by atoms with Crippen molar-refractivity contribution in [3.63, 3.8) is 0 Å². The summed E-state index contributed by atoms with van der Waals surface area (Å²) in [6.45, 7) is 1.76. The lowest BCUT2D eigenvalue weighted by atomic mass is 9.74. The second kappa shape index (κ2) is 6.49. The van der Waals surface area contributed by atoms with Gasteiger partial charge >= 0.3 is 12.0 Å². The van der Waals surface area contributed by atoms with Crippen LogP contribution in [0.2, 0.25) is 0 Å². The van der Waals surface area contributed by atoms with Crippen LogP contribution in [0.4, 0.5) is 14.9 Å². The van der Waals surface area contributed by atoms with Crippen LogP contribution in [0.25, 0.3) is 0 Å². The number of urea groups is 1. The number of benzene rings is 1. The second-order valence-electron chi connectivity index (χ2n) is 7.22. The monoisotopic (exact) mass is 377 g/mol. The molecule has 144 valence electrons. The van der Waals surface area contributed by atoms with Crippen molar-refractivity contribution in [2.45, 2.75) is 6.42 Å². The number of carboxylic acid groups (broad SMARTS) is 1. The van der Waals surface area contributed by atoms with E-state index in [0.717, 1.165) is 6.07 Å². The number of nitrogens with one attached hydrogen (secondary N) is 1. The zero-order valence-corrected chi connectivity index (χ0v) is 14.6. The van der Waals surface area contributed by atoms with Crippen LogP contribution in [0.15, 0.2) is 18.2 Å². The molecule has 3 saturated heterocycles. The van der Waals surface area contributed by atoms with Crippen molar-refractivity contribution in [2.75, 3.05) is 44.3 Å². The largest absolute Gasteiger partial charge is 0.481 e. The zero-order valence-electron chi connectivity index (χ0n) is 14.6. The Kier molecular flexibility index (Phi) is 4.26. The summed E-state index contributed by atoms with van der Waals surface area (Å²) in [6, 6.07) is 3.67. The number of carbonyl (C=O) groups is 3. The Morgan fingerprint density at radius 1 is 1.37 bits per heavy atom. The molecule has 9 heteroatoms. The molecule has 4 rings (SSSR count). The first kappa shape index (κ1) is 17.7. The molecule has 2 N–H and O–H groups in total. The Hall–Kier alpha value is -2.68. The number of ether oxygens (including phenoxy) is 1. The third-order valence-corrected chi connectivity index (χ3v) is 5.77. The number of aliphatic carboxylic acids is 1. The fourth-order valence-electron chi connectivity index (χ4n) is 4.19. The quantitative estimate of drug-likeness (QED) is 0.816. The van der Waals surface area contributed by atoms with E-state index in [1.165, 1.54) is 21.9 Å². The van der Waals surface area contributed by atoms with Crippen LogP contribution in [0.5, 0.6) is 0 Å². The number of hydrogen-bond donors (Lipinski definition) is 2. The molecule has 0 spiro atoms. The molecule has 3 aliphatic heterocycles. The van der Waals surface area contributed by atoms with Crippen LogP contribution < -0.4 is 10.2 Å². The van der Waals surface area contributed by atoms with Crippen molar-refractivity contribution in [3.05, 3.63) is 29.6 Å². The second-order valence-corrected chi connectivity index (χ2v) is 7.22. The summed E-state index contributed by atoms with van der Waals surface area (Å²) in [4.78, 5) is 39.5. The fourth-order valence-corrected chi connectivity index (χ4v) is 4.19. The highest BCUT2D eigenvalue weighted by Gasteiger charge is 2.55. The first-order valence-electron chi connectivity index (χ1n) is 8.88. The van der Waals surface area contributed by atoms with Crippen LogP contribution in [-0.2, 0) is 9.53 Å². The number of anilines is 1. The highest BCUT2D eigenvalue weighted by molar-refractivity contribution is 5.99. The third-order valence-electron chi connectivity index (χ3n) is 5.77. The number of fused-ring (bicyclic) bond motifs is 1. The minimum Gasteiger partial charge on any atom is -0.481 e. The van der Waals surface area contributed by atoms with E-state index in [1.54, 1.807) is 0 Å². The Labute approximate surface area is 154 Å². The molecule has 0 unspecified atom stereocenters. The number of likely N-dealkylation sites (tertiary alicyclic amines) is 1. The average molecular weight is 377 g/mol. The van der Waals surface area contributed by atoms with Crippen molar-refractivity contribution < 1.29 is 28.6 Å². The predicted molar refractivity (Wildman–Crippen MR) is 92.0 cm³/mol. The van der Waals surface area contributed by atoms with Crippen LogP contribution >= 0.6 is 0 Å². The molecule has 2 atom stereocenters. The van der Waals surface area contributed by atoms with Gasteiger partial charge in [0.2, 0.25) is 0 Å². The molecule has 0 aromatic heterocycles. The van der Waals surface area contributed by atoms with E-state index in [9.17, 15) is 23.9 Å². The van der Waals surface area contributed by atoms with Gasteiger partial charge in [0.25, 0.3) is 5.91 Å². The molecule has 3 aliphatic rings. The lowest BCUT2D eigenvalue weighted by molar-refractivity contribution is -0.157. The molecule has 3 fully saturated rings. The zero-order chi connectivity index (χ0) is 19.2. The summed E-state index contributed by atoms with van der Waals surface area (Å²) in [5.74, 6) is -2.53. The van der Waals surface area contributed by atoms with Gasteiger partial charge in [0.1, 0.15) is 5.82 Å². The van der Waals surface area contributed by atoms with E-state index >= 15 is 0 Å². The van der Waals surface area contributed by atoms with Crippen molar-refractivity contribution in [3.8, 4) is 0 Å². The average Bonchev–Trinajstić information content (AvgIpc) is 3.26. The highest BCUT2D eigenvalue weighted by atomic mass is 19.1. The number of halogens is 1. The topological polar surface area (TPSA) is 99.2 Å². The molecule has 1 aromatic carbocycles. The van der Waals surface area contributed by atoms with Crippen molar-refractivity contribution >= 4 is 23.6 Å². The third kappa shape index (κ3) is 2.82. The highest BCUT2D eigenvalue weighted by Crippen LogP contribution is 2.43. The summed E-state index contributed by atoms with van der Waals surface area (Å²) >= 11 is 0. The molecular weight excluding hydrogens is 357 g/mol. The van der Waals surface area contributed by atoms with Crippen LogP contribution in [0.3, 0.4) is 0 Å². The van der Waals surface area contributed by atoms with Crippen LogP contribution in [0.1, 0.15) is 16.8 Å². The summed E-state index contributed by atoms with van der Waals surface area (Å²) in [5, 5.41) is 12.4. The van der Waals surface area contributed by atoms with E-state index in [0.29, 0.717) is 31.8 Å². The van der Waals surface area contributed by atoms with Crippen LogP contribution in [-0.4, -0.2) is 67.3 Å². The molecular formula is C18H20FN3O5. The molecule has 0 aliphatic carbocycles. The SMILES string of the molecule is O=C(c1cc(N2CCNC2=O)ccc1F)N1C[C@H]2COCC[C@@]2(C(=O)O)C1. The van der Waals surface area contributed by atoms with Crippen LogP contribution in [0, 0.1) is 17.2 Å². The van der Waals surface area contributed by atoms with Gasteiger partial charge in [0.15, 0.2) is 0 Å². The van der Waals surface area contributed by atoms with E-state index in [-0.39, 0.29) is 37.2 Å². The lowest BCUT2D eigenvalue weighted by Gasteiger charge is -2.33. The number of carboxylic acids is 1. The smallest absolute Gasteiger partial charge is 0.321 e. The molecule has 8 nitrogen and oxygen atoms in total. The molecule has 0 radical (unpaired) electrons. The molecule has 3 heterocycles. The van der Waals surface area contributed by atoms with Gasteiger partial charge in [-0.3, -0.25) is 14.5 Å². The van der Waals surface area contributed by atoms with Gasteiger partial charge in [-0.25, -0.2) is 9.18 Å². The summed E-state index contributed by atoms with van der Waals surface area (Å²) in [5.41, 5.74) is -0.772. The van der Waals surface area contributed by atoms with Gasteiger partial charge < -0.3 is 20.1 Å². The van der Waals surface area contributed by atoms with E-state index < -0.39 is 23.1 Å². The predicted octanol–water partition coefficient (Wildman–Crippen LogP) is 0.919. The number of amides is 3. The number of nitrogens with zero attached hydrogens (tertiary/aromatic N) is 2. The van der Waals surface area contributed by atoms with Crippen molar-refractivity contribution in [1.29, 1.82) is 0 Å². The fraction of sp³-hybridized carbons (Fsp3) is 0.500. The number of hydrogen-bond acceptors (Lipinski definition) is 4. The van der Waals surface area contributed by atoms with Crippen molar-refractivity contribution in [1.82, 2.24) is 10.2 Å². The Balaban J connectivity index is 1.61. The normalized spacial score (nSPS) is 27.4. The van der Waals surface area contributed by atoms with Gasteiger partial charge in [-0.1, -0.05) is 0 Å². The first-order valence-corrected chi connectivity index (χ1v) is 8.88. The Morgan fingerprint density at radius 2 is 2.19 bits per heavy atom. The van der Waals surface area contributed by atoms with E-state index in [4.69, 9.17) is 4.74 Å². The van der Waals surface area contributed by atoms with E-state index in [2.05, 4.69) is 5.32 Å². The van der Waals surface area contributed by atoms with Gasteiger partial charge in [-0.15, -0.1) is 0 Å². The minimum atomic E-state index is -1.04. The van der Waals surface area contributed by atoms with E-state index in [1.807, 2.05) is 0 Å². The molecule has 1 aromatic rings. The maximum atomic E-state index is 14.4. The Morgan fingerprint density at radius 3 is 2.85 bits per heavy atom. The minimum absolute atomic E-state index is 0.0308. The summed E-state index contributed by atoms with van der Waals surface area (Å²) in [7, 11) is 0. The van der Waals surface area contributed by atoms with Gasteiger partial charge in [-0.05, 0) is 24.6 Å². The lowest BCUT2D eigenvalue weighted by Crippen LogP contribution is -2.45. The molecule has 0 saturated carbocycles. The maximum absolute atomic E-state index is 14.4.